The van der Waals surface area contributed by atoms with Gasteiger partial charge in [-0.15, -0.1) is 0 Å². The highest BCUT2D eigenvalue weighted by molar-refractivity contribution is 5.96. The second-order valence-corrected chi connectivity index (χ2v) is 7.41. The van der Waals surface area contributed by atoms with E-state index < -0.39 is 5.91 Å². The highest BCUT2D eigenvalue weighted by Crippen LogP contribution is 2.23. The van der Waals surface area contributed by atoms with Gasteiger partial charge >= 0.3 is 0 Å². The zero-order valence-electron chi connectivity index (χ0n) is 17.4. The van der Waals surface area contributed by atoms with Crippen LogP contribution in [0.4, 0.5) is 0 Å². The monoisotopic (exact) mass is 397 g/mol. The Morgan fingerprint density at radius 3 is 2.31 bits per heavy atom. The van der Waals surface area contributed by atoms with Crippen molar-refractivity contribution in [1.29, 1.82) is 0 Å². The molecule has 0 aromatic heterocycles. The Morgan fingerprint density at radius 2 is 1.72 bits per heavy atom. The molecule has 7 nitrogen and oxygen atoms in total. The van der Waals surface area contributed by atoms with Crippen molar-refractivity contribution in [2.75, 3.05) is 20.8 Å². The van der Waals surface area contributed by atoms with Gasteiger partial charge in [0, 0.05) is 11.1 Å². The Morgan fingerprint density at radius 1 is 1.03 bits per heavy atom. The number of amides is 2. The smallest absolute Gasteiger partial charge is 0.259 e. The van der Waals surface area contributed by atoms with Crippen molar-refractivity contribution in [2.45, 2.75) is 26.2 Å². The van der Waals surface area contributed by atoms with E-state index in [1.807, 2.05) is 12.1 Å². The second kappa shape index (κ2) is 9.73. The van der Waals surface area contributed by atoms with Gasteiger partial charge in [0.25, 0.3) is 11.8 Å². The molecule has 0 unspecified atom stereocenters. The normalized spacial score (nSPS) is 11.2. The zero-order chi connectivity index (χ0) is 21.4. The highest BCUT2D eigenvalue weighted by atomic mass is 16.5. The molecule has 29 heavy (non-hydrogen) atoms. The average molecular weight is 397 g/mol. The van der Waals surface area contributed by atoms with E-state index >= 15 is 0 Å². The van der Waals surface area contributed by atoms with Crippen LogP contribution in [0.15, 0.2) is 47.6 Å². The van der Waals surface area contributed by atoms with Crippen molar-refractivity contribution in [3.05, 3.63) is 59.2 Å². The van der Waals surface area contributed by atoms with Crippen molar-refractivity contribution >= 4 is 18.0 Å². The SMILES string of the molecule is COc1ccc(OC)c(/C=N\NC(=O)CNC(=O)c2ccc(C(C)(C)C)cc2)c1. The van der Waals surface area contributed by atoms with E-state index in [2.05, 4.69) is 36.6 Å². The van der Waals surface area contributed by atoms with Crippen molar-refractivity contribution in [2.24, 2.45) is 5.10 Å². The number of hydrogen-bond donors (Lipinski definition) is 2. The van der Waals surface area contributed by atoms with Gasteiger partial charge in [0.15, 0.2) is 0 Å². The Hall–Kier alpha value is -3.35. The van der Waals surface area contributed by atoms with Gasteiger partial charge in [-0.05, 0) is 41.3 Å². The van der Waals surface area contributed by atoms with Crippen LogP contribution in [0.5, 0.6) is 11.5 Å². The van der Waals surface area contributed by atoms with Crippen LogP contribution in [-0.2, 0) is 10.2 Å². The first-order valence-corrected chi connectivity index (χ1v) is 9.17. The largest absolute Gasteiger partial charge is 0.497 e. The molecule has 0 spiro atoms. The maximum atomic E-state index is 12.2. The molecule has 0 radical (unpaired) electrons. The van der Waals surface area contributed by atoms with Crippen LogP contribution in [0.1, 0.15) is 42.3 Å². The summed E-state index contributed by atoms with van der Waals surface area (Å²) in [6.45, 7) is 6.13. The molecule has 0 fully saturated rings. The molecule has 0 heterocycles. The van der Waals surface area contributed by atoms with E-state index in [0.29, 0.717) is 22.6 Å². The summed E-state index contributed by atoms with van der Waals surface area (Å²) in [4.78, 5) is 24.1. The van der Waals surface area contributed by atoms with Gasteiger partial charge in [-0.3, -0.25) is 9.59 Å². The maximum Gasteiger partial charge on any atom is 0.259 e. The number of hydrazone groups is 1. The fraction of sp³-hybridized carbons (Fsp3) is 0.318. The number of nitrogens with zero attached hydrogens (tertiary/aromatic N) is 1. The molecule has 2 N–H and O–H groups in total. The first kappa shape index (κ1) is 21.9. The predicted molar refractivity (Wildman–Crippen MR) is 113 cm³/mol. The number of carbonyl (C=O) groups excluding carboxylic acids is 2. The van der Waals surface area contributed by atoms with Crippen LogP contribution in [0, 0.1) is 0 Å². The van der Waals surface area contributed by atoms with Gasteiger partial charge in [-0.1, -0.05) is 32.9 Å². The minimum atomic E-state index is -0.442. The summed E-state index contributed by atoms with van der Waals surface area (Å²) >= 11 is 0. The van der Waals surface area contributed by atoms with Crippen molar-refractivity contribution in [3.63, 3.8) is 0 Å². The molecule has 2 amide bonds. The maximum absolute atomic E-state index is 12.2. The molecule has 2 aromatic carbocycles. The predicted octanol–water partition coefficient (Wildman–Crippen LogP) is 2.88. The van der Waals surface area contributed by atoms with Gasteiger partial charge in [-0.25, -0.2) is 5.43 Å². The minimum Gasteiger partial charge on any atom is -0.497 e. The molecule has 154 valence electrons. The number of benzene rings is 2. The molecule has 0 aliphatic heterocycles. The fourth-order valence-electron chi connectivity index (χ4n) is 2.54. The summed E-state index contributed by atoms with van der Waals surface area (Å²) in [6, 6.07) is 12.6. The number of carbonyl (C=O) groups is 2. The van der Waals surface area contributed by atoms with Crippen LogP contribution < -0.4 is 20.2 Å². The van der Waals surface area contributed by atoms with E-state index in [4.69, 9.17) is 9.47 Å². The van der Waals surface area contributed by atoms with Crippen LogP contribution in [0.3, 0.4) is 0 Å². The second-order valence-electron chi connectivity index (χ2n) is 7.41. The van der Waals surface area contributed by atoms with Crippen molar-refractivity contribution in [3.8, 4) is 11.5 Å². The molecule has 0 aliphatic carbocycles. The summed E-state index contributed by atoms with van der Waals surface area (Å²) in [5.41, 5.74) is 4.66. The van der Waals surface area contributed by atoms with E-state index in [1.54, 1.807) is 44.6 Å². The van der Waals surface area contributed by atoms with Crippen LogP contribution >= 0.6 is 0 Å². The molecular formula is C22H27N3O4. The van der Waals surface area contributed by atoms with E-state index in [-0.39, 0.29) is 17.9 Å². The first-order valence-electron chi connectivity index (χ1n) is 9.17. The molecule has 0 aliphatic rings. The lowest BCUT2D eigenvalue weighted by molar-refractivity contribution is -0.120. The van der Waals surface area contributed by atoms with Gasteiger partial charge in [0.2, 0.25) is 0 Å². The standard InChI is InChI=1S/C22H27N3O4/c1-22(2,3)17-8-6-15(7-9-17)21(27)23-14-20(26)25-24-13-16-12-18(28-4)10-11-19(16)29-5/h6-13H,14H2,1-5H3,(H,23,27)(H,25,26)/b24-13-. The molecule has 2 rings (SSSR count). The van der Waals surface area contributed by atoms with Crippen molar-refractivity contribution in [1.82, 2.24) is 10.7 Å². The quantitative estimate of drug-likeness (QED) is 0.555. The Balaban J connectivity index is 1.88. The molecule has 0 saturated heterocycles. The number of nitrogens with one attached hydrogen (secondary N) is 2. The van der Waals surface area contributed by atoms with Gasteiger partial charge in [0.05, 0.1) is 27.0 Å². The van der Waals surface area contributed by atoms with Crippen molar-refractivity contribution < 1.29 is 19.1 Å². The van der Waals surface area contributed by atoms with E-state index in [0.717, 1.165) is 5.56 Å². The van der Waals surface area contributed by atoms with Gasteiger partial charge < -0.3 is 14.8 Å². The van der Waals surface area contributed by atoms with Gasteiger partial charge in [-0.2, -0.15) is 5.10 Å². The average Bonchev–Trinajstić information content (AvgIpc) is 2.71. The zero-order valence-corrected chi connectivity index (χ0v) is 17.4. The highest BCUT2D eigenvalue weighted by Gasteiger charge is 2.14. The van der Waals surface area contributed by atoms with Gasteiger partial charge in [0.1, 0.15) is 11.5 Å². The summed E-state index contributed by atoms with van der Waals surface area (Å²) in [5.74, 6) is 0.473. The fourth-order valence-corrected chi connectivity index (χ4v) is 2.54. The Bertz CT molecular complexity index is 884. The van der Waals surface area contributed by atoms with Crippen LogP contribution in [0.25, 0.3) is 0 Å². The summed E-state index contributed by atoms with van der Waals surface area (Å²) in [5, 5.41) is 6.48. The first-order chi connectivity index (χ1) is 13.7. The van der Waals surface area contributed by atoms with E-state index in [9.17, 15) is 9.59 Å². The molecule has 0 saturated carbocycles. The van der Waals surface area contributed by atoms with E-state index in [1.165, 1.54) is 6.21 Å². The lowest BCUT2D eigenvalue weighted by atomic mass is 9.87. The molecule has 7 heteroatoms. The summed E-state index contributed by atoms with van der Waals surface area (Å²) in [7, 11) is 3.10. The third-order valence-electron chi connectivity index (χ3n) is 4.25. The van der Waals surface area contributed by atoms with Crippen LogP contribution in [0.2, 0.25) is 0 Å². The molecule has 0 atom stereocenters. The minimum absolute atomic E-state index is 0.0123. The number of methoxy groups -OCH3 is 2. The lowest BCUT2D eigenvalue weighted by Crippen LogP contribution is -2.34. The lowest BCUT2D eigenvalue weighted by Gasteiger charge is -2.19. The third-order valence-corrected chi connectivity index (χ3v) is 4.25. The third kappa shape index (κ3) is 6.34. The van der Waals surface area contributed by atoms with Crippen LogP contribution in [-0.4, -0.2) is 38.8 Å². The number of hydrogen-bond acceptors (Lipinski definition) is 5. The number of ether oxygens (including phenoxy) is 2. The molecule has 0 bridgehead atoms. The molecular weight excluding hydrogens is 370 g/mol. The Kier molecular flexibility index (Phi) is 7.36. The summed E-state index contributed by atoms with van der Waals surface area (Å²) in [6.07, 6.45) is 1.45. The Labute approximate surface area is 171 Å². The molecule has 2 aromatic rings. The summed E-state index contributed by atoms with van der Waals surface area (Å²) < 4.78 is 10.4. The topological polar surface area (TPSA) is 89.0 Å². The number of rotatable bonds is 7.